The number of aryl methyl sites for hydroxylation is 1. The van der Waals surface area contributed by atoms with E-state index in [-0.39, 0.29) is 33.7 Å². The van der Waals surface area contributed by atoms with E-state index in [4.69, 9.17) is 13.9 Å². The number of Topliss-reactive ketones (excluding diaryl/α,β-unsaturated/α-hetero) is 1. The average Bonchev–Trinajstić information content (AvgIpc) is 3.58. The lowest BCUT2D eigenvalue weighted by molar-refractivity contribution is -0.132. The molecule has 9 nitrogen and oxygen atoms in total. The minimum Gasteiger partial charge on any atom is -0.507 e. The highest BCUT2D eigenvalue weighted by Gasteiger charge is 2.49. The molecule has 3 heterocycles. The number of carbonyl (C=O) groups excluding carboxylic acids is 3. The van der Waals surface area contributed by atoms with E-state index in [0.717, 1.165) is 29.1 Å². The van der Waals surface area contributed by atoms with E-state index in [1.807, 2.05) is 0 Å². The van der Waals surface area contributed by atoms with E-state index in [1.54, 1.807) is 50.2 Å². The topological polar surface area (TPSA) is 119 Å². The molecule has 0 saturated carbocycles. The van der Waals surface area contributed by atoms with E-state index in [1.165, 1.54) is 6.26 Å². The molecule has 1 saturated heterocycles. The van der Waals surface area contributed by atoms with Gasteiger partial charge in [0.25, 0.3) is 5.78 Å². The number of aliphatic hydroxyl groups excluding tert-OH is 1. The molecule has 0 bridgehead atoms. The highest BCUT2D eigenvalue weighted by Crippen LogP contribution is 2.44. The van der Waals surface area contributed by atoms with Gasteiger partial charge in [-0.1, -0.05) is 36.8 Å². The first kappa shape index (κ1) is 25.2. The zero-order chi connectivity index (χ0) is 25.8. The molecule has 36 heavy (non-hydrogen) atoms. The number of hydrogen-bond donors (Lipinski definition) is 1. The molecule has 0 spiro atoms. The number of nitrogens with zero attached hydrogens (tertiary/aromatic N) is 2. The van der Waals surface area contributed by atoms with Crippen molar-refractivity contribution in [2.45, 2.75) is 39.7 Å². The van der Waals surface area contributed by atoms with E-state index >= 15 is 0 Å². The maximum Gasteiger partial charge on any atom is 0.350 e. The Kier molecular flexibility index (Phi) is 7.54. The van der Waals surface area contributed by atoms with Gasteiger partial charge in [0, 0.05) is 5.56 Å². The molecule has 188 valence electrons. The van der Waals surface area contributed by atoms with Crippen LogP contribution in [0.3, 0.4) is 0 Å². The summed E-state index contributed by atoms with van der Waals surface area (Å²) >= 11 is 0.936. The zero-order valence-electron chi connectivity index (χ0n) is 20.1. The SMILES string of the molecule is CCCCOc1cccc(C(O)=C2C(=O)C(=O)N(c3nc(C)c(C(=O)OCC)s3)C2c2ccco2)c1. The van der Waals surface area contributed by atoms with E-state index in [9.17, 15) is 19.5 Å². The molecule has 2 aromatic heterocycles. The molecule has 0 radical (unpaired) electrons. The fourth-order valence-corrected chi connectivity index (χ4v) is 4.83. The smallest absolute Gasteiger partial charge is 0.350 e. The number of ether oxygens (including phenoxy) is 2. The minimum atomic E-state index is -1.08. The van der Waals surface area contributed by atoms with Crippen molar-refractivity contribution in [1.82, 2.24) is 4.98 Å². The molecule has 1 amide bonds. The minimum absolute atomic E-state index is 0.120. The van der Waals surface area contributed by atoms with Crippen LogP contribution in [0, 0.1) is 6.92 Å². The summed E-state index contributed by atoms with van der Waals surface area (Å²) in [6.07, 6.45) is 3.26. The van der Waals surface area contributed by atoms with Crippen molar-refractivity contribution in [3.8, 4) is 5.75 Å². The Morgan fingerprint density at radius 3 is 2.72 bits per heavy atom. The Labute approximate surface area is 212 Å². The second-order valence-corrected chi connectivity index (χ2v) is 9.02. The molecule has 1 aliphatic rings. The van der Waals surface area contributed by atoms with Gasteiger partial charge in [0.2, 0.25) is 0 Å². The molecule has 1 aromatic carbocycles. The van der Waals surface area contributed by atoms with Gasteiger partial charge >= 0.3 is 11.9 Å². The summed E-state index contributed by atoms with van der Waals surface area (Å²) in [5, 5.41) is 11.4. The predicted molar refractivity (Wildman–Crippen MR) is 133 cm³/mol. The maximum atomic E-state index is 13.2. The third-order valence-electron chi connectivity index (χ3n) is 5.58. The third-order valence-corrected chi connectivity index (χ3v) is 6.72. The monoisotopic (exact) mass is 510 g/mol. The largest absolute Gasteiger partial charge is 0.507 e. The van der Waals surface area contributed by atoms with Crippen molar-refractivity contribution in [1.29, 1.82) is 0 Å². The quantitative estimate of drug-likeness (QED) is 0.140. The van der Waals surface area contributed by atoms with Gasteiger partial charge in [-0.05, 0) is 44.5 Å². The number of esters is 1. The second kappa shape index (κ2) is 10.8. The standard InChI is InChI=1S/C26H26N2O7S/c1-4-6-12-34-17-10-7-9-16(14-17)21(29)19-20(18-11-8-13-35-18)28(24(31)22(19)30)26-27-15(3)23(36-26)25(32)33-5-2/h7-11,13-14,20,29H,4-6,12H2,1-3H3. The van der Waals surface area contributed by atoms with E-state index < -0.39 is 23.7 Å². The number of aliphatic hydroxyl groups is 1. The molecule has 3 aromatic rings. The molecule has 1 aliphatic heterocycles. The second-order valence-electron chi connectivity index (χ2n) is 8.05. The first-order valence-electron chi connectivity index (χ1n) is 11.6. The average molecular weight is 511 g/mol. The van der Waals surface area contributed by atoms with Gasteiger partial charge in [-0.25, -0.2) is 9.78 Å². The van der Waals surface area contributed by atoms with Crippen molar-refractivity contribution in [2.75, 3.05) is 18.1 Å². The number of amides is 1. The molecule has 4 rings (SSSR count). The number of unbranched alkanes of at least 4 members (excludes halogenated alkanes) is 1. The van der Waals surface area contributed by atoms with Crippen LogP contribution in [0.5, 0.6) is 5.75 Å². The molecule has 1 atom stereocenters. The van der Waals surface area contributed by atoms with Crippen molar-refractivity contribution in [3.05, 3.63) is 70.1 Å². The van der Waals surface area contributed by atoms with Crippen LogP contribution in [0.4, 0.5) is 5.13 Å². The molecule has 1 unspecified atom stereocenters. The molecule has 10 heteroatoms. The van der Waals surface area contributed by atoms with Crippen LogP contribution in [0.15, 0.2) is 52.7 Å². The first-order chi connectivity index (χ1) is 17.4. The van der Waals surface area contributed by atoms with Gasteiger partial charge in [-0.2, -0.15) is 0 Å². The Morgan fingerprint density at radius 1 is 1.22 bits per heavy atom. The number of benzene rings is 1. The van der Waals surface area contributed by atoms with Crippen LogP contribution < -0.4 is 9.64 Å². The van der Waals surface area contributed by atoms with Crippen molar-refractivity contribution < 1.29 is 33.4 Å². The molecular formula is C26H26N2O7S. The van der Waals surface area contributed by atoms with E-state index in [0.29, 0.717) is 23.6 Å². The van der Waals surface area contributed by atoms with Gasteiger partial charge in [-0.15, -0.1) is 0 Å². The van der Waals surface area contributed by atoms with Crippen molar-refractivity contribution in [3.63, 3.8) is 0 Å². The van der Waals surface area contributed by atoms with Crippen molar-refractivity contribution in [2.24, 2.45) is 0 Å². The number of carbonyl (C=O) groups is 3. The lowest BCUT2D eigenvalue weighted by Crippen LogP contribution is -2.29. The fourth-order valence-electron chi connectivity index (χ4n) is 3.84. The van der Waals surface area contributed by atoms with Crippen LogP contribution in [0.1, 0.15) is 59.4 Å². The maximum absolute atomic E-state index is 13.2. The number of anilines is 1. The van der Waals surface area contributed by atoms with Crippen LogP contribution in [0.2, 0.25) is 0 Å². The molecular weight excluding hydrogens is 484 g/mol. The van der Waals surface area contributed by atoms with Crippen molar-refractivity contribution >= 4 is 39.9 Å². The summed E-state index contributed by atoms with van der Waals surface area (Å²) < 4.78 is 16.4. The number of ketones is 1. The van der Waals surface area contributed by atoms with E-state index in [2.05, 4.69) is 11.9 Å². The first-order valence-corrected chi connectivity index (χ1v) is 12.4. The van der Waals surface area contributed by atoms with Gasteiger partial charge in [0.1, 0.15) is 28.2 Å². The van der Waals surface area contributed by atoms with Gasteiger partial charge in [-0.3, -0.25) is 14.5 Å². The zero-order valence-corrected chi connectivity index (χ0v) is 21.0. The number of thiazole rings is 1. The Hall–Kier alpha value is -3.92. The highest BCUT2D eigenvalue weighted by molar-refractivity contribution is 7.17. The number of rotatable bonds is 9. The molecule has 1 fully saturated rings. The Morgan fingerprint density at radius 2 is 2.03 bits per heavy atom. The van der Waals surface area contributed by atoms with Crippen LogP contribution in [-0.4, -0.2) is 41.0 Å². The third kappa shape index (κ3) is 4.76. The molecule has 0 aliphatic carbocycles. The number of aromatic nitrogens is 1. The number of furan rings is 1. The molecule has 1 N–H and O–H groups in total. The Bertz CT molecular complexity index is 1310. The lowest BCUT2D eigenvalue weighted by atomic mass is 9.99. The van der Waals surface area contributed by atoms with Gasteiger partial charge in [0.15, 0.2) is 5.13 Å². The highest BCUT2D eigenvalue weighted by atomic mass is 32.1. The number of hydrogen-bond acceptors (Lipinski definition) is 9. The van der Waals surface area contributed by atoms with Crippen LogP contribution >= 0.6 is 11.3 Å². The van der Waals surface area contributed by atoms with Gasteiger partial charge < -0.3 is 19.0 Å². The summed E-state index contributed by atoms with van der Waals surface area (Å²) in [5.74, 6) is -1.92. The summed E-state index contributed by atoms with van der Waals surface area (Å²) in [7, 11) is 0. The van der Waals surface area contributed by atoms with Gasteiger partial charge in [0.05, 0.1) is 30.7 Å². The summed E-state index contributed by atoms with van der Waals surface area (Å²) in [6.45, 7) is 6.06. The summed E-state index contributed by atoms with van der Waals surface area (Å²) in [4.78, 5) is 44.5. The predicted octanol–water partition coefficient (Wildman–Crippen LogP) is 5.03. The summed E-state index contributed by atoms with van der Waals surface area (Å²) in [5.41, 5.74) is 0.540. The Balaban J connectivity index is 1.80. The van der Waals surface area contributed by atoms with Crippen LogP contribution in [-0.2, 0) is 14.3 Å². The normalized spacial score (nSPS) is 17.0. The summed E-state index contributed by atoms with van der Waals surface area (Å²) in [6, 6.07) is 8.84. The lowest BCUT2D eigenvalue weighted by Gasteiger charge is -2.20. The van der Waals surface area contributed by atoms with Crippen LogP contribution in [0.25, 0.3) is 5.76 Å². The fraction of sp³-hybridized carbons (Fsp3) is 0.308.